The fraction of sp³-hybridized carbons (Fsp3) is 0.263. The lowest BCUT2D eigenvalue weighted by molar-refractivity contribution is -0.127. The summed E-state index contributed by atoms with van der Waals surface area (Å²) in [7, 11) is 0. The fourth-order valence-electron chi connectivity index (χ4n) is 2.37. The lowest BCUT2D eigenvalue weighted by Crippen LogP contribution is -2.35. The van der Waals surface area contributed by atoms with Crippen LogP contribution in [-0.4, -0.2) is 16.9 Å². The number of nitrogens with one attached hydrogen (secondary N) is 1. The highest BCUT2D eigenvalue weighted by Gasteiger charge is 2.39. The summed E-state index contributed by atoms with van der Waals surface area (Å²) >= 11 is 0. The Morgan fingerprint density at radius 2 is 1.58 bits per heavy atom. The van der Waals surface area contributed by atoms with Gasteiger partial charge in [0.2, 0.25) is 0 Å². The first-order chi connectivity index (χ1) is 11.6. The van der Waals surface area contributed by atoms with Crippen LogP contribution in [0.25, 0.3) is 0 Å². The van der Waals surface area contributed by atoms with E-state index in [4.69, 9.17) is 5.11 Å². The smallest absolute Gasteiger partial charge is 0.258 e. The highest BCUT2D eigenvalue weighted by Crippen LogP contribution is 2.22. The number of aromatic hydroxyl groups is 1. The van der Waals surface area contributed by atoms with Crippen LogP contribution in [0.4, 0.5) is 5.69 Å². The van der Waals surface area contributed by atoms with Crippen molar-refractivity contribution < 1.29 is 14.7 Å². The van der Waals surface area contributed by atoms with Crippen molar-refractivity contribution in [2.45, 2.75) is 26.2 Å². The molecule has 0 saturated carbocycles. The minimum absolute atomic E-state index is 0.144. The molecule has 5 nitrogen and oxygen atoms in total. The SMILES string of the molecule is CCCCC1C(=O)NN(c2ccccc2)C1=O.Oc1ccccc1. The number of nitrogens with zero attached hydrogens (tertiary/aromatic N) is 1. The first kappa shape index (κ1) is 17.5. The van der Waals surface area contributed by atoms with Crippen LogP contribution in [0.15, 0.2) is 60.7 Å². The van der Waals surface area contributed by atoms with Crippen molar-refractivity contribution in [3.63, 3.8) is 0 Å². The molecule has 1 aliphatic heterocycles. The van der Waals surface area contributed by atoms with Gasteiger partial charge in [0, 0.05) is 0 Å². The Kier molecular flexibility index (Phi) is 6.37. The summed E-state index contributed by atoms with van der Waals surface area (Å²) in [6.45, 7) is 2.05. The monoisotopic (exact) mass is 326 g/mol. The molecule has 0 bridgehead atoms. The molecule has 126 valence electrons. The number of hydrogen-bond acceptors (Lipinski definition) is 3. The number of para-hydroxylation sites is 2. The minimum atomic E-state index is -0.518. The van der Waals surface area contributed by atoms with Crippen molar-refractivity contribution in [3.8, 4) is 5.75 Å². The molecule has 2 aromatic rings. The second kappa shape index (κ2) is 8.72. The maximum absolute atomic E-state index is 12.1. The Hall–Kier alpha value is -2.82. The predicted octanol–water partition coefficient (Wildman–Crippen LogP) is 3.26. The van der Waals surface area contributed by atoms with Gasteiger partial charge in [-0.3, -0.25) is 15.0 Å². The van der Waals surface area contributed by atoms with E-state index in [0.717, 1.165) is 12.8 Å². The molecular formula is C19H22N2O3. The van der Waals surface area contributed by atoms with Crippen LogP contribution in [0.1, 0.15) is 26.2 Å². The van der Waals surface area contributed by atoms with Gasteiger partial charge in [0.25, 0.3) is 11.8 Å². The normalized spacial score (nSPS) is 16.4. The molecule has 0 spiro atoms. The van der Waals surface area contributed by atoms with Crippen LogP contribution in [0.5, 0.6) is 5.75 Å². The summed E-state index contributed by atoms with van der Waals surface area (Å²) < 4.78 is 0. The summed E-state index contributed by atoms with van der Waals surface area (Å²) in [5.41, 5.74) is 3.34. The van der Waals surface area contributed by atoms with Crippen LogP contribution in [0.2, 0.25) is 0 Å². The number of phenolic OH excluding ortho intramolecular Hbond substituents is 1. The second-order valence-electron chi connectivity index (χ2n) is 5.52. The summed E-state index contributed by atoms with van der Waals surface area (Å²) in [6.07, 6.45) is 2.51. The van der Waals surface area contributed by atoms with Gasteiger partial charge in [-0.25, -0.2) is 5.01 Å². The van der Waals surface area contributed by atoms with Gasteiger partial charge in [-0.2, -0.15) is 0 Å². The standard InChI is InChI=1S/C13H16N2O2.C6H6O/c1-2-3-9-11-12(16)14-15(13(11)17)10-7-5-4-6-8-10;7-6-4-2-1-3-5-6/h4-8,11H,2-3,9H2,1H3,(H,14,16);1-5,7H. The number of hydrazine groups is 1. The number of unbranched alkanes of at least 4 members (excludes halogenated alkanes) is 1. The van der Waals surface area contributed by atoms with Crippen molar-refractivity contribution in [2.24, 2.45) is 5.92 Å². The number of hydrogen-bond donors (Lipinski definition) is 2. The number of rotatable bonds is 4. The lowest BCUT2D eigenvalue weighted by atomic mass is 10.0. The zero-order valence-corrected chi connectivity index (χ0v) is 13.7. The van der Waals surface area contributed by atoms with Gasteiger partial charge >= 0.3 is 0 Å². The van der Waals surface area contributed by atoms with Crippen LogP contribution in [0.3, 0.4) is 0 Å². The Labute approximate surface area is 141 Å². The van der Waals surface area contributed by atoms with E-state index < -0.39 is 5.92 Å². The molecule has 3 rings (SSSR count). The molecular weight excluding hydrogens is 304 g/mol. The molecule has 1 saturated heterocycles. The van der Waals surface area contributed by atoms with Crippen LogP contribution < -0.4 is 10.4 Å². The molecule has 2 aromatic carbocycles. The topological polar surface area (TPSA) is 69.6 Å². The number of carbonyl (C=O) groups excluding carboxylic acids is 2. The molecule has 0 aliphatic carbocycles. The van der Waals surface area contributed by atoms with E-state index in [1.54, 1.807) is 36.4 Å². The van der Waals surface area contributed by atoms with Crippen molar-refractivity contribution in [3.05, 3.63) is 60.7 Å². The first-order valence-electron chi connectivity index (χ1n) is 8.07. The van der Waals surface area contributed by atoms with E-state index in [-0.39, 0.29) is 11.8 Å². The molecule has 1 fully saturated rings. The Bertz CT molecular complexity index is 659. The predicted molar refractivity (Wildman–Crippen MR) is 93.2 cm³/mol. The number of carbonyl (C=O) groups is 2. The molecule has 5 heteroatoms. The summed E-state index contributed by atoms with van der Waals surface area (Å²) in [6, 6.07) is 17.9. The van der Waals surface area contributed by atoms with E-state index in [2.05, 4.69) is 5.43 Å². The molecule has 0 aromatic heterocycles. The third-order valence-electron chi connectivity index (χ3n) is 3.67. The van der Waals surface area contributed by atoms with Gasteiger partial charge in [-0.1, -0.05) is 56.2 Å². The van der Waals surface area contributed by atoms with E-state index in [1.165, 1.54) is 5.01 Å². The fourth-order valence-corrected chi connectivity index (χ4v) is 2.37. The molecule has 2 N–H and O–H groups in total. The van der Waals surface area contributed by atoms with Gasteiger partial charge < -0.3 is 5.11 Å². The van der Waals surface area contributed by atoms with Gasteiger partial charge in [0.15, 0.2) is 0 Å². The van der Waals surface area contributed by atoms with Crippen molar-refractivity contribution >= 4 is 17.5 Å². The molecule has 2 amide bonds. The highest BCUT2D eigenvalue weighted by molar-refractivity contribution is 6.14. The molecule has 1 aliphatic rings. The average Bonchev–Trinajstić information content (AvgIpc) is 2.89. The quantitative estimate of drug-likeness (QED) is 0.847. The molecule has 1 heterocycles. The molecule has 1 atom stereocenters. The van der Waals surface area contributed by atoms with Gasteiger partial charge in [0.05, 0.1) is 5.69 Å². The maximum atomic E-state index is 12.1. The zero-order valence-electron chi connectivity index (χ0n) is 13.7. The van der Waals surface area contributed by atoms with E-state index in [0.29, 0.717) is 17.9 Å². The lowest BCUT2D eigenvalue weighted by Gasteiger charge is -2.14. The summed E-state index contributed by atoms with van der Waals surface area (Å²) in [4.78, 5) is 23.8. The Morgan fingerprint density at radius 3 is 2.08 bits per heavy atom. The number of phenols is 1. The van der Waals surface area contributed by atoms with Gasteiger partial charge in [-0.15, -0.1) is 0 Å². The molecule has 0 radical (unpaired) electrons. The Balaban J connectivity index is 0.000000249. The van der Waals surface area contributed by atoms with E-state index in [9.17, 15) is 9.59 Å². The van der Waals surface area contributed by atoms with Crippen molar-refractivity contribution in [1.29, 1.82) is 0 Å². The number of anilines is 1. The third-order valence-corrected chi connectivity index (χ3v) is 3.67. The largest absolute Gasteiger partial charge is 0.508 e. The number of benzene rings is 2. The average molecular weight is 326 g/mol. The molecule has 1 unspecified atom stereocenters. The third kappa shape index (κ3) is 4.59. The highest BCUT2D eigenvalue weighted by atomic mass is 16.3. The van der Waals surface area contributed by atoms with Crippen LogP contribution >= 0.6 is 0 Å². The second-order valence-corrected chi connectivity index (χ2v) is 5.52. The zero-order chi connectivity index (χ0) is 17.4. The van der Waals surface area contributed by atoms with Crippen LogP contribution in [0, 0.1) is 5.92 Å². The minimum Gasteiger partial charge on any atom is -0.508 e. The maximum Gasteiger partial charge on any atom is 0.258 e. The van der Waals surface area contributed by atoms with Gasteiger partial charge in [-0.05, 0) is 30.7 Å². The Morgan fingerprint density at radius 1 is 1.00 bits per heavy atom. The van der Waals surface area contributed by atoms with E-state index in [1.807, 2.05) is 31.2 Å². The summed E-state index contributed by atoms with van der Waals surface area (Å²) in [5, 5.41) is 9.98. The summed E-state index contributed by atoms with van der Waals surface area (Å²) in [5.74, 6) is -0.528. The van der Waals surface area contributed by atoms with Crippen LogP contribution in [-0.2, 0) is 9.59 Å². The molecule has 24 heavy (non-hydrogen) atoms. The number of amides is 2. The van der Waals surface area contributed by atoms with Crippen molar-refractivity contribution in [2.75, 3.05) is 5.01 Å². The first-order valence-corrected chi connectivity index (χ1v) is 8.07. The van der Waals surface area contributed by atoms with Crippen molar-refractivity contribution in [1.82, 2.24) is 5.43 Å². The van der Waals surface area contributed by atoms with E-state index >= 15 is 0 Å². The van der Waals surface area contributed by atoms with Gasteiger partial charge in [0.1, 0.15) is 11.7 Å².